The zero-order valence-corrected chi connectivity index (χ0v) is 20.6. The molecule has 2 aromatic carbocycles. The molecule has 7 heteroatoms. The number of carbonyl (C=O) groups is 1. The number of benzene rings is 2. The molecule has 1 amide bonds. The second-order valence-electron chi connectivity index (χ2n) is 9.96. The molecule has 2 heterocycles. The quantitative estimate of drug-likeness (QED) is 0.666. The van der Waals surface area contributed by atoms with Crippen molar-refractivity contribution in [1.82, 2.24) is 4.90 Å². The highest BCUT2D eigenvalue weighted by molar-refractivity contribution is 5.82. The van der Waals surface area contributed by atoms with Gasteiger partial charge in [-0.05, 0) is 44.0 Å². The molecule has 0 spiro atoms. The fourth-order valence-electron chi connectivity index (χ4n) is 4.86. The predicted molar refractivity (Wildman–Crippen MR) is 128 cm³/mol. The Balaban J connectivity index is 1.57. The molecule has 7 nitrogen and oxygen atoms in total. The predicted octanol–water partition coefficient (Wildman–Crippen LogP) is 3.74. The zero-order chi connectivity index (χ0) is 24.5. The van der Waals surface area contributed by atoms with Crippen LogP contribution in [0.15, 0.2) is 48.5 Å². The van der Waals surface area contributed by atoms with E-state index in [-0.39, 0.29) is 18.4 Å². The van der Waals surface area contributed by atoms with Crippen molar-refractivity contribution in [3.8, 4) is 11.5 Å². The standard InChI is InChI=1S/C27H35NO6/c1-18(29)27(4)17-28(25(30)24-16-33-26(2,3)34-24)14-21(27)20-11-12-22(31-5)23(13-20)32-15-19-9-7-6-8-10-19/h6-13,18,21,24,29H,14-17H2,1-5H3/t18-,21+,24-,27+/m1/s1. The highest BCUT2D eigenvalue weighted by Gasteiger charge is 2.50. The number of carbonyl (C=O) groups excluding carboxylic acids is 1. The molecule has 2 fully saturated rings. The van der Waals surface area contributed by atoms with Crippen LogP contribution >= 0.6 is 0 Å². The average Bonchev–Trinajstić information content (AvgIpc) is 3.38. The lowest BCUT2D eigenvalue weighted by Gasteiger charge is -2.34. The van der Waals surface area contributed by atoms with Crippen LogP contribution in [0.2, 0.25) is 0 Å². The van der Waals surface area contributed by atoms with Crippen molar-refractivity contribution in [2.24, 2.45) is 5.41 Å². The van der Waals surface area contributed by atoms with Gasteiger partial charge in [0.15, 0.2) is 23.4 Å². The third-order valence-corrected chi connectivity index (χ3v) is 7.11. The highest BCUT2D eigenvalue weighted by Crippen LogP contribution is 2.47. The molecule has 0 radical (unpaired) electrons. The average molecular weight is 470 g/mol. The number of likely N-dealkylation sites (tertiary alicyclic amines) is 1. The van der Waals surface area contributed by atoms with Gasteiger partial charge in [0, 0.05) is 24.4 Å². The van der Waals surface area contributed by atoms with Crippen molar-refractivity contribution in [1.29, 1.82) is 0 Å². The Morgan fingerprint density at radius 3 is 2.53 bits per heavy atom. The van der Waals surface area contributed by atoms with E-state index >= 15 is 0 Å². The molecule has 1 N–H and O–H groups in total. The van der Waals surface area contributed by atoms with Gasteiger partial charge in [-0.3, -0.25) is 4.79 Å². The number of aliphatic hydroxyl groups excluding tert-OH is 1. The van der Waals surface area contributed by atoms with Gasteiger partial charge in [-0.15, -0.1) is 0 Å². The van der Waals surface area contributed by atoms with E-state index in [0.29, 0.717) is 31.2 Å². The third-order valence-electron chi connectivity index (χ3n) is 7.11. The summed E-state index contributed by atoms with van der Waals surface area (Å²) in [5.41, 5.74) is 1.52. The number of amides is 1. The minimum Gasteiger partial charge on any atom is -0.493 e. The van der Waals surface area contributed by atoms with Gasteiger partial charge in [-0.2, -0.15) is 0 Å². The zero-order valence-electron chi connectivity index (χ0n) is 20.6. The lowest BCUT2D eigenvalue weighted by atomic mass is 9.72. The fourth-order valence-corrected chi connectivity index (χ4v) is 4.86. The Bertz CT molecular complexity index is 1010. The lowest BCUT2D eigenvalue weighted by molar-refractivity contribution is -0.159. The molecule has 0 saturated carbocycles. The first-order valence-corrected chi connectivity index (χ1v) is 11.8. The second-order valence-corrected chi connectivity index (χ2v) is 9.96. The van der Waals surface area contributed by atoms with Crippen LogP contribution in [0.3, 0.4) is 0 Å². The van der Waals surface area contributed by atoms with Crippen molar-refractivity contribution in [3.63, 3.8) is 0 Å². The van der Waals surface area contributed by atoms with Crippen molar-refractivity contribution < 1.29 is 28.8 Å². The molecular formula is C27H35NO6. The minimum absolute atomic E-state index is 0.0863. The molecule has 0 aliphatic carbocycles. The summed E-state index contributed by atoms with van der Waals surface area (Å²) in [5.74, 6) is 0.318. The number of rotatable bonds is 7. The molecule has 0 aromatic heterocycles. The summed E-state index contributed by atoms with van der Waals surface area (Å²) in [6.07, 6.45) is -1.25. The molecule has 2 aliphatic heterocycles. The molecule has 0 bridgehead atoms. The fraction of sp³-hybridized carbons (Fsp3) is 0.519. The van der Waals surface area contributed by atoms with E-state index in [4.69, 9.17) is 18.9 Å². The molecule has 0 unspecified atom stereocenters. The van der Waals surface area contributed by atoms with Crippen LogP contribution in [0.25, 0.3) is 0 Å². The van der Waals surface area contributed by atoms with Crippen LogP contribution in [0.1, 0.15) is 44.7 Å². The maximum Gasteiger partial charge on any atom is 0.254 e. The monoisotopic (exact) mass is 469 g/mol. The van der Waals surface area contributed by atoms with Crippen molar-refractivity contribution >= 4 is 5.91 Å². The van der Waals surface area contributed by atoms with E-state index in [1.165, 1.54) is 0 Å². The normalized spacial score (nSPS) is 26.9. The van der Waals surface area contributed by atoms with E-state index < -0.39 is 23.4 Å². The first-order chi connectivity index (χ1) is 16.1. The summed E-state index contributed by atoms with van der Waals surface area (Å²) in [4.78, 5) is 15.0. The molecule has 2 saturated heterocycles. The maximum atomic E-state index is 13.2. The molecular weight excluding hydrogens is 434 g/mol. The first-order valence-electron chi connectivity index (χ1n) is 11.8. The summed E-state index contributed by atoms with van der Waals surface area (Å²) in [6, 6.07) is 15.8. The van der Waals surface area contributed by atoms with Gasteiger partial charge >= 0.3 is 0 Å². The Morgan fingerprint density at radius 1 is 1.18 bits per heavy atom. The minimum atomic E-state index is -0.770. The van der Waals surface area contributed by atoms with Crippen LogP contribution in [0.4, 0.5) is 0 Å². The topological polar surface area (TPSA) is 77.5 Å². The van der Waals surface area contributed by atoms with Crippen LogP contribution < -0.4 is 9.47 Å². The highest BCUT2D eigenvalue weighted by atomic mass is 16.7. The molecule has 34 heavy (non-hydrogen) atoms. The number of ether oxygens (including phenoxy) is 4. The van der Waals surface area contributed by atoms with E-state index in [1.807, 2.05) is 55.5 Å². The molecule has 2 aromatic rings. The molecule has 184 valence electrons. The molecule has 4 rings (SSSR count). The summed E-state index contributed by atoms with van der Waals surface area (Å²) >= 11 is 0. The summed E-state index contributed by atoms with van der Waals surface area (Å²) < 4.78 is 23.0. The third kappa shape index (κ3) is 4.92. The van der Waals surface area contributed by atoms with E-state index in [0.717, 1.165) is 11.1 Å². The van der Waals surface area contributed by atoms with Gasteiger partial charge in [0.2, 0.25) is 0 Å². The summed E-state index contributed by atoms with van der Waals surface area (Å²) in [6.45, 7) is 8.99. The Hall–Kier alpha value is -2.61. The number of hydrogen-bond acceptors (Lipinski definition) is 6. The smallest absolute Gasteiger partial charge is 0.254 e. The van der Waals surface area contributed by atoms with Crippen molar-refractivity contribution in [2.45, 2.75) is 58.2 Å². The van der Waals surface area contributed by atoms with Crippen LogP contribution in [0.5, 0.6) is 11.5 Å². The van der Waals surface area contributed by atoms with Gasteiger partial charge in [0.1, 0.15) is 6.61 Å². The van der Waals surface area contributed by atoms with Crippen LogP contribution in [0, 0.1) is 5.41 Å². The molecule has 4 atom stereocenters. The largest absolute Gasteiger partial charge is 0.493 e. The SMILES string of the molecule is COc1ccc([C@@H]2CN(C(=O)[C@H]3COC(C)(C)O3)C[C@@]2(C)[C@@H](C)O)cc1OCc1ccccc1. The number of aliphatic hydroxyl groups is 1. The van der Waals surface area contributed by atoms with E-state index in [9.17, 15) is 9.90 Å². The maximum absolute atomic E-state index is 13.2. The van der Waals surface area contributed by atoms with Gasteiger partial charge < -0.3 is 29.0 Å². The van der Waals surface area contributed by atoms with Gasteiger partial charge in [0.25, 0.3) is 5.91 Å². The van der Waals surface area contributed by atoms with Gasteiger partial charge in [-0.1, -0.05) is 43.3 Å². The Morgan fingerprint density at radius 2 is 1.91 bits per heavy atom. The lowest BCUT2D eigenvalue weighted by Crippen LogP contribution is -2.42. The van der Waals surface area contributed by atoms with Gasteiger partial charge in [0.05, 0.1) is 19.8 Å². The van der Waals surface area contributed by atoms with Crippen molar-refractivity contribution in [2.75, 3.05) is 26.8 Å². The second kappa shape index (κ2) is 9.56. The van der Waals surface area contributed by atoms with Gasteiger partial charge in [-0.25, -0.2) is 0 Å². The number of nitrogens with zero attached hydrogens (tertiary/aromatic N) is 1. The van der Waals surface area contributed by atoms with Crippen molar-refractivity contribution in [3.05, 3.63) is 59.7 Å². The molecule has 2 aliphatic rings. The summed E-state index contributed by atoms with van der Waals surface area (Å²) in [5, 5.41) is 10.8. The summed E-state index contributed by atoms with van der Waals surface area (Å²) in [7, 11) is 1.62. The Labute approximate surface area is 201 Å². The van der Waals surface area contributed by atoms with Crippen LogP contribution in [-0.2, 0) is 20.9 Å². The Kier molecular flexibility index (Phi) is 6.90. The van der Waals surface area contributed by atoms with Crippen LogP contribution in [-0.4, -0.2) is 60.7 Å². The van der Waals surface area contributed by atoms with E-state index in [2.05, 4.69) is 0 Å². The van der Waals surface area contributed by atoms with E-state index in [1.54, 1.807) is 32.8 Å². The number of methoxy groups -OCH3 is 1. The first kappa shape index (κ1) is 24.5. The number of hydrogen-bond donors (Lipinski definition) is 1.